The van der Waals surface area contributed by atoms with Gasteiger partial charge in [-0.15, -0.1) is 0 Å². The van der Waals surface area contributed by atoms with Crippen LogP contribution in [0.3, 0.4) is 0 Å². The maximum atomic E-state index is 12.5. The summed E-state index contributed by atoms with van der Waals surface area (Å²) in [6.07, 6.45) is 65.3. The van der Waals surface area contributed by atoms with Gasteiger partial charge in [-0.2, -0.15) is 0 Å². The quantitative estimate of drug-likeness (QED) is 0.0417. The second-order valence-electron chi connectivity index (χ2n) is 21.1. The molecule has 394 valence electrons. The predicted molar refractivity (Wildman–Crippen MR) is 287 cm³/mol. The van der Waals surface area contributed by atoms with E-state index < -0.39 is 12.1 Å². The molecule has 0 saturated heterocycles. The van der Waals surface area contributed by atoms with Crippen molar-refractivity contribution in [3.05, 3.63) is 0 Å². The first-order chi connectivity index (χ1) is 32.5. The number of hydrogen-bond donors (Lipinski definition) is 3. The molecule has 0 aromatic carbocycles. The molecular formula is C60H119NO5. The first kappa shape index (κ1) is 64.9. The first-order valence-corrected chi connectivity index (χ1v) is 30.3. The van der Waals surface area contributed by atoms with E-state index in [4.69, 9.17) is 4.74 Å². The molecule has 6 nitrogen and oxygen atoms in total. The Labute approximate surface area is 413 Å². The Bertz CT molecular complexity index is 944. The minimum atomic E-state index is -0.664. The van der Waals surface area contributed by atoms with Crippen molar-refractivity contribution in [1.82, 2.24) is 5.32 Å². The van der Waals surface area contributed by atoms with Crippen LogP contribution in [-0.2, 0) is 14.3 Å². The van der Waals surface area contributed by atoms with Gasteiger partial charge in [0.25, 0.3) is 0 Å². The van der Waals surface area contributed by atoms with Crippen LogP contribution < -0.4 is 5.32 Å². The van der Waals surface area contributed by atoms with E-state index >= 15 is 0 Å². The average molecular weight is 935 g/mol. The lowest BCUT2D eigenvalue weighted by molar-refractivity contribution is -0.143. The van der Waals surface area contributed by atoms with E-state index in [1.54, 1.807) is 0 Å². The van der Waals surface area contributed by atoms with Gasteiger partial charge in [0.2, 0.25) is 5.91 Å². The molecule has 6 heteroatoms. The Balaban J connectivity index is 3.39. The summed E-state index contributed by atoms with van der Waals surface area (Å²) in [7, 11) is 0. The van der Waals surface area contributed by atoms with Crippen molar-refractivity contribution in [1.29, 1.82) is 0 Å². The molecule has 0 aliphatic carbocycles. The van der Waals surface area contributed by atoms with Crippen molar-refractivity contribution in [3.63, 3.8) is 0 Å². The Hall–Kier alpha value is -1.14. The zero-order valence-corrected chi connectivity index (χ0v) is 45.0. The molecule has 0 fully saturated rings. The Morgan fingerprint density at radius 2 is 0.621 bits per heavy atom. The van der Waals surface area contributed by atoms with E-state index in [2.05, 4.69) is 19.2 Å². The molecule has 3 N–H and O–H groups in total. The summed E-state index contributed by atoms with van der Waals surface area (Å²) >= 11 is 0. The zero-order chi connectivity index (χ0) is 47.9. The molecule has 0 spiro atoms. The number of unbranched alkanes of at least 4 members (excludes halogenated alkanes) is 46. The van der Waals surface area contributed by atoms with Gasteiger partial charge >= 0.3 is 5.97 Å². The molecule has 0 aliphatic heterocycles. The van der Waals surface area contributed by atoms with Gasteiger partial charge in [0.05, 0.1) is 25.4 Å². The largest absolute Gasteiger partial charge is 0.466 e. The molecule has 2 atom stereocenters. The molecule has 0 heterocycles. The third-order valence-corrected chi connectivity index (χ3v) is 14.4. The average Bonchev–Trinajstić information content (AvgIpc) is 3.32. The van der Waals surface area contributed by atoms with E-state index in [-0.39, 0.29) is 18.5 Å². The van der Waals surface area contributed by atoms with Crippen molar-refractivity contribution in [2.45, 2.75) is 360 Å². The summed E-state index contributed by atoms with van der Waals surface area (Å²) in [5.41, 5.74) is 0. The Morgan fingerprint density at radius 3 is 0.924 bits per heavy atom. The minimum Gasteiger partial charge on any atom is -0.466 e. The van der Waals surface area contributed by atoms with Crippen LogP contribution in [0, 0.1) is 0 Å². The molecule has 0 aromatic heterocycles. The molecular weight excluding hydrogens is 815 g/mol. The van der Waals surface area contributed by atoms with Gasteiger partial charge in [-0.05, 0) is 25.7 Å². The van der Waals surface area contributed by atoms with Gasteiger partial charge < -0.3 is 20.3 Å². The lowest BCUT2D eigenvalue weighted by Gasteiger charge is -2.22. The van der Waals surface area contributed by atoms with Crippen molar-refractivity contribution in [2.24, 2.45) is 0 Å². The van der Waals surface area contributed by atoms with Crippen LogP contribution >= 0.6 is 0 Å². The molecule has 0 bridgehead atoms. The highest BCUT2D eigenvalue weighted by Crippen LogP contribution is 2.18. The highest BCUT2D eigenvalue weighted by molar-refractivity contribution is 5.76. The van der Waals surface area contributed by atoms with Gasteiger partial charge in [-0.1, -0.05) is 309 Å². The number of amides is 1. The predicted octanol–water partition coefficient (Wildman–Crippen LogP) is 18.7. The molecule has 0 rings (SSSR count). The number of aliphatic hydroxyl groups excluding tert-OH is 2. The summed E-state index contributed by atoms with van der Waals surface area (Å²) < 4.78 is 5.46. The molecule has 0 radical (unpaired) electrons. The van der Waals surface area contributed by atoms with Gasteiger partial charge in [0.1, 0.15) is 0 Å². The van der Waals surface area contributed by atoms with E-state index in [1.165, 1.54) is 276 Å². The summed E-state index contributed by atoms with van der Waals surface area (Å²) in [5.74, 6) is -0.0216. The number of hydrogen-bond acceptors (Lipinski definition) is 5. The summed E-state index contributed by atoms with van der Waals surface area (Å²) in [6, 6.07) is -0.542. The van der Waals surface area contributed by atoms with Crippen LogP contribution in [0.15, 0.2) is 0 Å². The number of ether oxygens (including phenoxy) is 1. The molecule has 0 aliphatic rings. The maximum absolute atomic E-state index is 12.5. The van der Waals surface area contributed by atoms with E-state index in [0.717, 1.165) is 38.5 Å². The second kappa shape index (κ2) is 56.4. The van der Waals surface area contributed by atoms with Crippen molar-refractivity contribution >= 4 is 11.9 Å². The van der Waals surface area contributed by atoms with Gasteiger partial charge in [-0.3, -0.25) is 9.59 Å². The Kier molecular flexibility index (Phi) is 55.5. The van der Waals surface area contributed by atoms with E-state index in [9.17, 15) is 19.8 Å². The number of aliphatic hydroxyl groups is 2. The highest BCUT2D eigenvalue weighted by Gasteiger charge is 2.20. The Morgan fingerprint density at radius 1 is 0.364 bits per heavy atom. The summed E-state index contributed by atoms with van der Waals surface area (Å²) in [4.78, 5) is 24.5. The number of esters is 1. The number of nitrogens with one attached hydrogen (secondary N) is 1. The maximum Gasteiger partial charge on any atom is 0.305 e. The van der Waals surface area contributed by atoms with Gasteiger partial charge in [0, 0.05) is 12.8 Å². The van der Waals surface area contributed by atoms with Crippen LogP contribution in [0.5, 0.6) is 0 Å². The summed E-state index contributed by atoms with van der Waals surface area (Å²) in [5, 5.41) is 23.3. The molecule has 1 amide bonds. The monoisotopic (exact) mass is 934 g/mol. The zero-order valence-electron chi connectivity index (χ0n) is 45.0. The fraction of sp³-hybridized carbons (Fsp3) is 0.967. The first-order valence-electron chi connectivity index (χ1n) is 30.3. The van der Waals surface area contributed by atoms with Crippen molar-refractivity contribution < 1.29 is 24.5 Å². The van der Waals surface area contributed by atoms with Crippen molar-refractivity contribution in [2.75, 3.05) is 13.2 Å². The van der Waals surface area contributed by atoms with Gasteiger partial charge in [-0.25, -0.2) is 0 Å². The number of carbonyl (C=O) groups excluding carboxylic acids is 2. The van der Waals surface area contributed by atoms with E-state index in [0.29, 0.717) is 25.9 Å². The topological polar surface area (TPSA) is 95.9 Å². The lowest BCUT2D eigenvalue weighted by atomic mass is 10.0. The van der Waals surface area contributed by atoms with Crippen LogP contribution in [0.2, 0.25) is 0 Å². The molecule has 0 saturated carbocycles. The van der Waals surface area contributed by atoms with Crippen molar-refractivity contribution in [3.8, 4) is 0 Å². The summed E-state index contributed by atoms with van der Waals surface area (Å²) in [6.45, 7) is 4.98. The normalized spacial score (nSPS) is 12.5. The minimum absolute atomic E-state index is 0.0113. The fourth-order valence-corrected chi connectivity index (χ4v) is 9.76. The van der Waals surface area contributed by atoms with Gasteiger partial charge in [0.15, 0.2) is 0 Å². The smallest absolute Gasteiger partial charge is 0.305 e. The molecule has 0 aromatic rings. The van der Waals surface area contributed by atoms with Crippen LogP contribution in [0.1, 0.15) is 348 Å². The SMILES string of the molecule is CCCCCCCCCCCCCCCCCCCCC(O)C(CO)NC(=O)CCCCCCCCCCCCCCCCCCCCCCOC(=O)CCCCCCCCCCCCC. The van der Waals surface area contributed by atoms with Crippen LogP contribution in [0.25, 0.3) is 0 Å². The number of rotatable bonds is 57. The number of carbonyl (C=O) groups is 2. The molecule has 66 heavy (non-hydrogen) atoms. The van der Waals surface area contributed by atoms with Crippen LogP contribution in [0.4, 0.5) is 0 Å². The van der Waals surface area contributed by atoms with Crippen LogP contribution in [-0.4, -0.2) is 47.4 Å². The third-order valence-electron chi connectivity index (χ3n) is 14.4. The van der Waals surface area contributed by atoms with E-state index in [1.807, 2.05) is 0 Å². The lowest BCUT2D eigenvalue weighted by Crippen LogP contribution is -2.45. The standard InChI is InChI=1S/C60H119NO5/c1-3-5-7-9-11-13-15-16-17-18-23-26-29-33-36-40-44-48-52-58(63)57(56-62)61-59(64)53-49-45-41-37-34-30-27-24-21-19-20-22-25-28-31-35-39-43-47-51-55-66-60(65)54-50-46-42-38-32-14-12-10-8-6-4-2/h57-58,62-63H,3-56H2,1-2H3,(H,61,64). The highest BCUT2D eigenvalue weighted by atomic mass is 16.5. The third kappa shape index (κ3) is 52.2. The molecule has 2 unspecified atom stereocenters. The fourth-order valence-electron chi connectivity index (χ4n) is 9.76. The second-order valence-corrected chi connectivity index (χ2v) is 21.1.